The highest BCUT2D eigenvalue weighted by atomic mass is 32.2. The zero-order valence-corrected chi connectivity index (χ0v) is 12.9. The molecule has 0 heterocycles. The van der Waals surface area contributed by atoms with Crippen LogP contribution in [0.15, 0.2) is 24.3 Å². The van der Waals surface area contributed by atoms with Crippen LogP contribution in [0, 0.1) is 0 Å². The third-order valence-electron chi connectivity index (χ3n) is 3.00. The van der Waals surface area contributed by atoms with Crippen LogP contribution >= 0.6 is 0 Å². The van der Waals surface area contributed by atoms with E-state index in [0.29, 0.717) is 0 Å². The standard InChI is InChI=1S/C15H25NOS/c1-6-12-8-10-13(11-9-12)14(7-2)16-18(17)15(3,4)5/h8-11,14,16H,6-7H2,1-5H3/t14-,18?/m0/s1. The van der Waals surface area contributed by atoms with Crippen LogP contribution in [0.5, 0.6) is 0 Å². The van der Waals surface area contributed by atoms with Crippen LogP contribution in [0.25, 0.3) is 0 Å². The summed E-state index contributed by atoms with van der Waals surface area (Å²) in [5.41, 5.74) is 2.55. The minimum Gasteiger partial charge on any atom is -0.598 e. The second-order valence-corrected chi connectivity index (χ2v) is 7.55. The van der Waals surface area contributed by atoms with Gasteiger partial charge in [-0.25, -0.2) is 0 Å². The molecule has 3 heteroatoms. The van der Waals surface area contributed by atoms with Crippen LogP contribution in [-0.4, -0.2) is 9.30 Å². The van der Waals surface area contributed by atoms with Crippen molar-refractivity contribution in [1.82, 2.24) is 4.72 Å². The van der Waals surface area contributed by atoms with Gasteiger partial charge in [-0.15, -0.1) is 4.72 Å². The van der Waals surface area contributed by atoms with E-state index in [4.69, 9.17) is 0 Å². The Morgan fingerprint density at radius 3 is 2.11 bits per heavy atom. The minimum absolute atomic E-state index is 0.163. The summed E-state index contributed by atoms with van der Waals surface area (Å²) < 4.78 is 15.1. The van der Waals surface area contributed by atoms with Gasteiger partial charge >= 0.3 is 0 Å². The summed E-state index contributed by atoms with van der Waals surface area (Å²) in [7, 11) is 0. The highest BCUT2D eigenvalue weighted by Gasteiger charge is 2.29. The SMILES string of the molecule is CCc1ccc([C@H](CC)N[S+]([O-])C(C)(C)C)cc1. The smallest absolute Gasteiger partial charge is 0.136 e. The molecule has 2 atom stereocenters. The Bertz CT molecular complexity index is 356. The van der Waals surface area contributed by atoms with Crippen LogP contribution in [0.1, 0.15) is 58.2 Å². The topological polar surface area (TPSA) is 35.1 Å². The van der Waals surface area contributed by atoms with E-state index in [0.717, 1.165) is 12.8 Å². The average molecular weight is 267 g/mol. The van der Waals surface area contributed by atoms with E-state index in [1.54, 1.807) is 0 Å². The predicted octanol–water partition coefficient (Wildman–Crippen LogP) is 3.75. The Morgan fingerprint density at radius 1 is 1.17 bits per heavy atom. The molecule has 0 fully saturated rings. The Kier molecular flexibility index (Phi) is 5.70. The number of rotatable bonds is 5. The Balaban J connectivity index is 2.76. The van der Waals surface area contributed by atoms with Crippen molar-refractivity contribution in [2.24, 2.45) is 0 Å². The van der Waals surface area contributed by atoms with Crippen molar-refractivity contribution in [2.45, 2.75) is 58.2 Å². The highest BCUT2D eigenvalue weighted by Crippen LogP contribution is 2.22. The number of hydrogen-bond acceptors (Lipinski definition) is 2. The van der Waals surface area contributed by atoms with E-state index in [2.05, 4.69) is 42.8 Å². The monoisotopic (exact) mass is 267 g/mol. The van der Waals surface area contributed by atoms with E-state index in [1.165, 1.54) is 11.1 Å². The van der Waals surface area contributed by atoms with Crippen LogP contribution in [0.4, 0.5) is 0 Å². The van der Waals surface area contributed by atoms with Gasteiger partial charge in [-0.05, 0) is 44.7 Å². The van der Waals surface area contributed by atoms with Gasteiger partial charge < -0.3 is 4.55 Å². The van der Waals surface area contributed by atoms with E-state index in [-0.39, 0.29) is 10.8 Å². The van der Waals surface area contributed by atoms with E-state index >= 15 is 0 Å². The first-order valence-electron chi connectivity index (χ1n) is 6.65. The molecule has 18 heavy (non-hydrogen) atoms. The second-order valence-electron chi connectivity index (χ2n) is 5.55. The zero-order chi connectivity index (χ0) is 13.8. The molecule has 0 bridgehead atoms. The summed E-state index contributed by atoms with van der Waals surface area (Å²) >= 11 is -1.02. The summed E-state index contributed by atoms with van der Waals surface area (Å²) in [6.45, 7) is 10.2. The van der Waals surface area contributed by atoms with Gasteiger partial charge in [0.05, 0.1) is 6.04 Å². The molecule has 0 saturated carbocycles. The first-order valence-corrected chi connectivity index (χ1v) is 7.80. The highest BCUT2D eigenvalue weighted by molar-refractivity contribution is 7.90. The lowest BCUT2D eigenvalue weighted by molar-refractivity contribution is 0.519. The van der Waals surface area contributed by atoms with Gasteiger partial charge in [0.25, 0.3) is 0 Å². The normalized spacial score (nSPS) is 15.4. The molecule has 0 aliphatic carbocycles. The Labute approximate surface area is 114 Å². The molecule has 0 amide bonds. The van der Waals surface area contributed by atoms with Crippen LogP contribution < -0.4 is 4.72 Å². The minimum atomic E-state index is -1.02. The molecule has 0 saturated heterocycles. The van der Waals surface area contributed by atoms with Gasteiger partial charge in [-0.3, -0.25) is 0 Å². The lowest BCUT2D eigenvalue weighted by Gasteiger charge is -2.27. The van der Waals surface area contributed by atoms with E-state index in [1.807, 2.05) is 20.8 Å². The molecule has 1 N–H and O–H groups in total. The Hall–Kier alpha value is -0.510. The van der Waals surface area contributed by atoms with E-state index in [9.17, 15) is 4.55 Å². The third kappa shape index (κ3) is 4.30. The molecule has 1 aromatic rings. The molecule has 1 aromatic carbocycles. The molecule has 0 aromatic heterocycles. The van der Waals surface area contributed by atoms with Gasteiger partial charge in [0.2, 0.25) is 0 Å². The predicted molar refractivity (Wildman–Crippen MR) is 79.9 cm³/mol. The second kappa shape index (κ2) is 6.60. The molecule has 102 valence electrons. The number of aryl methyl sites for hydroxylation is 1. The molecular formula is C15H25NOS. The molecule has 0 aliphatic heterocycles. The van der Waals surface area contributed by atoms with Gasteiger partial charge in [-0.1, -0.05) is 38.1 Å². The number of hydrogen-bond donors (Lipinski definition) is 1. The maximum absolute atomic E-state index is 12.1. The summed E-state index contributed by atoms with van der Waals surface area (Å²) in [6, 6.07) is 8.75. The molecule has 0 spiro atoms. The Morgan fingerprint density at radius 2 is 1.72 bits per heavy atom. The number of benzene rings is 1. The zero-order valence-electron chi connectivity index (χ0n) is 12.1. The first-order chi connectivity index (χ1) is 8.38. The van der Waals surface area contributed by atoms with Crippen molar-refractivity contribution in [3.63, 3.8) is 0 Å². The fourth-order valence-corrected chi connectivity index (χ4v) is 2.59. The fourth-order valence-electron chi connectivity index (χ4n) is 1.68. The van der Waals surface area contributed by atoms with Gasteiger partial charge in [0.15, 0.2) is 0 Å². The molecule has 2 nitrogen and oxygen atoms in total. The molecular weight excluding hydrogens is 242 g/mol. The van der Waals surface area contributed by atoms with Crippen molar-refractivity contribution in [3.8, 4) is 0 Å². The van der Waals surface area contributed by atoms with Gasteiger partial charge in [-0.2, -0.15) is 0 Å². The average Bonchev–Trinajstić information content (AvgIpc) is 2.34. The quantitative estimate of drug-likeness (QED) is 0.825. The van der Waals surface area contributed by atoms with Crippen LogP contribution in [0.2, 0.25) is 0 Å². The van der Waals surface area contributed by atoms with Crippen LogP contribution in [-0.2, 0) is 17.8 Å². The summed E-state index contributed by atoms with van der Waals surface area (Å²) in [5.74, 6) is 0. The molecule has 1 rings (SSSR count). The van der Waals surface area contributed by atoms with Crippen molar-refractivity contribution in [2.75, 3.05) is 0 Å². The molecule has 0 aliphatic rings. The third-order valence-corrected chi connectivity index (χ3v) is 4.62. The lowest BCUT2D eigenvalue weighted by Crippen LogP contribution is -2.41. The van der Waals surface area contributed by atoms with Gasteiger partial charge in [0, 0.05) is 11.4 Å². The largest absolute Gasteiger partial charge is 0.598 e. The summed E-state index contributed by atoms with van der Waals surface area (Å²) in [6.07, 6.45) is 1.99. The fraction of sp³-hybridized carbons (Fsp3) is 0.600. The molecule has 0 radical (unpaired) electrons. The van der Waals surface area contributed by atoms with Gasteiger partial charge in [0.1, 0.15) is 4.75 Å². The maximum Gasteiger partial charge on any atom is 0.136 e. The van der Waals surface area contributed by atoms with E-state index < -0.39 is 11.4 Å². The lowest BCUT2D eigenvalue weighted by atomic mass is 10.0. The first kappa shape index (κ1) is 15.5. The van der Waals surface area contributed by atoms with Crippen molar-refractivity contribution >= 4 is 11.4 Å². The van der Waals surface area contributed by atoms with Crippen molar-refractivity contribution in [1.29, 1.82) is 0 Å². The van der Waals surface area contributed by atoms with Crippen LogP contribution in [0.3, 0.4) is 0 Å². The summed E-state index contributed by atoms with van der Waals surface area (Å²) in [5, 5.41) is 0. The maximum atomic E-state index is 12.1. The number of nitrogens with one attached hydrogen (secondary N) is 1. The van der Waals surface area contributed by atoms with Crippen molar-refractivity contribution < 1.29 is 4.55 Å². The van der Waals surface area contributed by atoms with Crippen molar-refractivity contribution in [3.05, 3.63) is 35.4 Å². The summed E-state index contributed by atoms with van der Waals surface area (Å²) in [4.78, 5) is 0. The molecule has 1 unspecified atom stereocenters.